The zero-order valence-corrected chi connectivity index (χ0v) is 14.1. The molecule has 1 N–H and O–H groups in total. The van der Waals surface area contributed by atoms with E-state index in [-0.39, 0.29) is 19.0 Å². The molecule has 0 radical (unpaired) electrons. The van der Waals surface area contributed by atoms with E-state index in [9.17, 15) is 0 Å². The number of fused-ring (bicyclic) bond motifs is 1. The number of para-hydroxylation sites is 1. The van der Waals surface area contributed by atoms with Crippen molar-refractivity contribution in [1.82, 2.24) is 5.32 Å². The minimum atomic E-state index is 0. The van der Waals surface area contributed by atoms with Crippen molar-refractivity contribution in [1.29, 1.82) is 0 Å². The molecule has 0 saturated carbocycles. The first-order valence-electron chi connectivity index (χ1n) is 7.60. The van der Waals surface area contributed by atoms with Crippen LogP contribution in [0.3, 0.4) is 0 Å². The van der Waals surface area contributed by atoms with Crippen LogP contribution in [0, 0.1) is 12.3 Å². The fourth-order valence-electron chi connectivity index (χ4n) is 2.45. The molecule has 24 heavy (non-hydrogen) atoms. The number of nitrogens with one attached hydrogen (secondary N) is 1. The molecule has 2 aromatic carbocycles. The van der Waals surface area contributed by atoms with Gasteiger partial charge in [0, 0.05) is 18.7 Å². The first-order valence-corrected chi connectivity index (χ1v) is 7.60. The van der Waals surface area contributed by atoms with E-state index in [1.54, 1.807) is 0 Å². The van der Waals surface area contributed by atoms with Crippen LogP contribution < -0.4 is 19.5 Å². The molecule has 0 unspecified atom stereocenters. The predicted molar refractivity (Wildman–Crippen MR) is 96.0 cm³/mol. The first-order chi connectivity index (χ1) is 11.4. The largest absolute Gasteiger partial charge is 0.486 e. The van der Waals surface area contributed by atoms with Gasteiger partial charge in [-0.05, 0) is 23.8 Å². The molecule has 0 fully saturated rings. The third-order valence-electron chi connectivity index (χ3n) is 3.53. The van der Waals surface area contributed by atoms with Gasteiger partial charge in [-0.1, -0.05) is 30.2 Å². The van der Waals surface area contributed by atoms with Crippen molar-refractivity contribution >= 4 is 12.4 Å². The molecule has 0 amide bonds. The van der Waals surface area contributed by atoms with Gasteiger partial charge in [-0.3, -0.25) is 0 Å². The molecule has 0 atom stereocenters. The van der Waals surface area contributed by atoms with Gasteiger partial charge in [-0.2, -0.15) is 0 Å². The van der Waals surface area contributed by atoms with Gasteiger partial charge in [0.05, 0.1) is 0 Å². The smallest absolute Gasteiger partial charge is 0.161 e. The number of hydrogen-bond acceptors (Lipinski definition) is 4. The average molecular weight is 346 g/mol. The van der Waals surface area contributed by atoms with E-state index < -0.39 is 0 Å². The molecule has 0 aromatic heterocycles. The summed E-state index contributed by atoms with van der Waals surface area (Å²) in [4.78, 5) is 0. The lowest BCUT2D eigenvalue weighted by Gasteiger charge is -2.19. The molecule has 0 spiro atoms. The minimum Gasteiger partial charge on any atom is -0.486 e. The van der Waals surface area contributed by atoms with Crippen LogP contribution in [0.4, 0.5) is 0 Å². The van der Waals surface area contributed by atoms with E-state index in [1.807, 2.05) is 42.5 Å². The third-order valence-corrected chi connectivity index (χ3v) is 3.53. The molecular formula is C19H20ClNO3. The number of rotatable bonds is 6. The highest BCUT2D eigenvalue weighted by molar-refractivity contribution is 5.85. The van der Waals surface area contributed by atoms with Gasteiger partial charge < -0.3 is 19.5 Å². The SMILES string of the molecule is C#CCOc1ccccc1CNCc1ccc2c(c1)OCCO2.Cl. The standard InChI is InChI=1S/C19H19NO3.ClH/c1-2-9-21-17-6-4-3-5-16(17)14-20-13-15-7-8-18-19(12-15)23-11-10-22-18;/h1,3-8,12,20H,9-11,13-14H2;1H. The second-order valence-electron chi connectivity index (χ2n) is 5.18. The van der Waals surface area contributed by atoms with E-state index in [2.05, 4.69) is 11.2 Å². The van der Waals surface area contributed by atoms with Crippen LogP contribution in [0.1, 0.15) is 11.1 Å². The van der Waals surface area contributed by atoms with Gasteiger partial charge in [-0.25, -0.2) is 0 Å². The van der Waals surface area contributed by atoms with E-state index in [1.165, 1.54) is 0 Å². The summed E-state index contributed by atoms with van der Waals surface area (Å²) >= 11 is 0. The maximum absolute atomic E-state index is 5.60. The summed E-state index contributed by atoms with van der Waals surface area (Å²) in [6.45, 7) is 2.93. The molecule has 126 valence electrons. The summed E-state index contributed by atoms with van der Waals surface area (Å²) in [6.07, 6.45) is 5.25. The topological polar surface area (TPSA) is 39.7 Å². The Bertz CT molecular complexity index is 712. The van der Waals surface area contributed by atoms with Crippen LogP contribution >= 0.6 is 12.4 Å². The number of ether oxygens (including phenoxy) is 3. The molecule has 0 saturated heterocycles. The van der Waals surface area contributed by atoms with Crippen molar-refractivity contribution in [3.63, 3.8) is 0 Å². The Kier molecular flexibility index (Phi) is 6.80. The summed E-state index contributed by atoms with van der Waals surface area (Å²) in [5.41, 5.74) is 2.23. The highest BCUT2D eigenvalue weighted by Crippen LogP contribution is 2.30. The van der Waals surface area contributed by atoms with E-state index in [4.69, 9.17) is 20.6 Å². The van der Waals surface area contributed by atoms with Gasteiger partial charge in [-0.15, -0.1) is 18.8 Å². The minimum absolute atomic E-state index is 0. The Morgan fingerprint density at radius 1 is 1.04 bits per heavy atom. The second-order valence-corrected chi connectivity index (χ2v) is 5.18. The lowest BCUT2D eigenvalue weighted by atomic mass is 10.1. The Balaban J connectivity index is 0.00000208. The van der Waals surface area contributed by atoms with Gasteiger partial charge in [0.2, 0.25) is 0 Å². The Labute approximate surface area is 148 Å². The second kappa shape index (κ2) is 9.07. The molecule has 0 aliphatic carbocycles. The van der Waals surface area contributed by atoms with Gasteiger partial charge >= 0.3 is 0 Å². The van der Waals surface area contributed by atoms with E-state index in [0.29, 0.717) is 19.8 Å². The maximum Gasteiger partial charge on any atom is 0.161 e. The van der Waals surface area contributed by atoms with Crippen molar-refractivity contribution in [2.75, 3.05) is 19.8 Å². The van der Waals surface area contributed by atoms with Crippen molar-refractivity contribution in [3.8, 4) is 29.6 Å². The zero-order chi connectivity index (χ0) is 15.9. The van der Waals surface area contributed by atoms with Gasteiger partial charge in [0.15, 0.2) is 11.5 Å². The highest BCUT2D eigenvalue weighted by Gasteiger charge is 2.11. The predicted octanol–water partition coefficient (Wildman–Crippen LogP) is 3.18. The van der Waals surface area contributed by atoms with Gasteiger partial charge in [0.1, 0.15) is 25.6 Å². The molecule has 3 rings (SSSR count). The van der Waals surface area contributed by atoms with Gasteiger partial charge in [0.25, 0.3) is 0 Å². The Hall–Kier alpha value is -2.35. The van der Waals surface area contributed by atoms with Crippen LogP contribution in [-0.2, 0) is 13.1 Å². The van der Waals surface area contributed by atoms with Crippen molar-refractivity contribution < 1.29 is 14.2 Å². The van der Waals surface area contributed by atoms with Crippen LogP contribution in [0.5, 0.6) is 17.2 Å². The molecule has 1 aliphatic rings. The number of benzene rings is 2. The molecule has 4 nitrogen and oxygen atoms in total. The fraction of sp³-hybridized carbons (Fsp3) is 0.263. The molecule has 5 heteroatoms. The molecular weight excluding hydrogens is 326 g/mol. The highest BCUT2D eigenvalue weighted by atomic mass is 35.5. The lowest BCUT2D eigenvalue weighted by molar-refractivity contribution is 0.171. The summed E-state index contributed by atoms with van der Waals surface area (Å²) in [7, 11) is 0. The maximum atomic E-state index is 5.60. The van der Waals surface area contributed by atoms with Crippen LogP contribution in [0.2, 0.25) is 0 Å². The zero-order valence-electron chi connectivity index (χ0n) is 13.3. The Morgan fingerprint density at radius 3 is 2.67 bits per heavy atom. The van der Waals surface area contributed by atoms with E-state index in [0.717, 1.165) is 34.9 Å². The average Bonchev–Trinajstić information content (AvgIpc) is 2.61. The number of hydrogen-bond donors (Lipinski definition) is 1. The van der Waals surface area contributed by atoms with Crippen LogP contribution in [0.15, 0.2) is 42.5 Å². The van der Waals surface area contributed by atoms with E-state index >= 15 is 0 Å². The summed E-state index contributed by atoms with van der Waals surface area (Å²) in [6, 6.07) is 13.9. The summed E-state index contributed by atoms with van der Waals surface area (Å²) in [5.74, 6) is 4.93. The van der Waals surface area contributed by atoms with Crippen molar-refractivity contribution in [3.05, 3.63) is 53.6 Å². The third kappa shape index (κ3) is 4.58. The first kappa shape index (κ1) is 18.0. The van der Waals surface area contributed by atoms with Crippen molar-refractivity contribution in [2.24, 2.45) is 0 Å². The van der Waals surface area contributed by atoms with Crippen LogP contribution in [-0.4, -0.2) is 19.8 Å². The summed E-state index contributed by atoms with van der Waals surface area (Å²) < 4.78 is 16.7. The number of halogens is 1. The number of terminal acetylenes is 1. The van der Waals surface area contributed by atoms with Crippen molar-refractivity contribution in [2.45, 2.75) is 13.1 Å². The normalized spacial score (nSPS) is 12.0. The molecule has 1 heterocycles. The molecule has 0 bridgehead atoms. The fourth-order valence-corrected chi connectivity index (χ4v) is 2.45. The van der Waals surface area contributed by atoms with Crippen LogP contribution in [0.25, 0.3) is 0 Å². The lowest BCUT2D eigenvalue weighted by Crippen LogP contribution is -2.17. The molecule has 1 aliphatic heterocycles. The molecule has 2 aromatic rings. The summed E-state index contributed by atoms with van der Waals surface area (Å²) in [5, 5.41) is 3.41. The monoisotopic (exact) mass is 345 g/mol. The Morgan fingerprint density at radius 2 is 1.83 bits per heavy atom. The quantitative estimate of drug-likeness (QED) is 0.816.